The summed E-state index contributed by atoms with van der Waals surface area (Å²) in [6.45, 7) is 1.67. The van der Waals surface area contributed by atoms with Crippen molar-refractivity contribution in [1.82, 2.24) is 25.3 Å². The molecule has 0 bridgehead atoms. The SMILES string of the molecule is Cn1nccc1CCNCc1cccnn1. The first-order chi connectivity index (χ1) is 7.86. The van der Waals surface area contributed by atoms with Crippen LogP contribution in [0.5, 0.6) is 0 Å². The molecular formula is C11H15N5. The Labute approximate surface area is 94.5 Å². The summed E-state index contributed by atoms with van der Waals surface area (Å²) < 4.78 is 1.89. The number of rotatable bonds is 5. The van der Waals surface area contributed by atoms with E-state index in [-0.39, 0.29) is 0 Å². The Kier molecular flexibility index (Phi) is 3.61. The molecule has 0 spiro atoms. The van der Waals surface area contributed by atoms with Crippen molar-refractivity contribution < 1.29 is 0 Å². The third-order valence-electron chi connectivity index (χ3n) is 2.41. The summed E-state index contributed by atoms with van der Waals surface area (Å²) in [6, 6.07) is 5.89. The van der Waals surface area contributed by atoms with Crippen LogP contribution < -0.4 is 5.32 Å². The summed E-state index contributed by atoms with van der Waals surface area (Å²) in [4.78, 5) is 0. The monoisotopic (exact) mass is 217 g/mol. The van der Waals surface area contributed by atoms with E-state index < -0.39 is 0 Å². The topological polar surface area (TPSA) is 55.6 Å². The summed E-state index contributed by atoms with van der Waals surface area (Å²) >= 11 is 0. The first-order valence-electron chi connectivity index (χ1n) is 5.30. The molecule has 0 aliphatic heterocycles. The lowest BCUT2D eigenvalue weighted by molar-refractivity contribution is 0.632. The van der Waals surface area contributed by atoms with Crippen molar-refractivity contribution in [2.24, 2.45) is 7.05 Å². The second kappa shape index (κ2) is 5.37. The minimum atomic E-state index is 0.756. The van der Waals surface area contributed by atoms with Crippen LogP contribution in [0.3, 0.4) is 0 Å². The summed E-state index contributed by atoms with van der Waals surface area (Å²) in [7, 11) is 1.96. The van der Waals surface area contributed by atoms with Crippen LogP contribution in [0.15, 0.2) is 30.6 Å². The van der Waals surface area contributed by atoms with Crippen molar-refractivity contribution in [2.75, 3.05) is 6.54 Å². The molecule has 0 aromatic carbocycles. The van der Waals surface area contributed by atoms with Crippen LogP contribution in [0, 0.1) is 0 Å². The molecule has 5 heteroatoms. The quantitative estimate of drug-likeness (QED) is 0.743. The van der Waals surface area contributed by atoms with Crippen LogP contribution in [0.25, 0.3) is 0 Å². The van der Waals surface area contributed by atoms with Crippen molar-refractivity contribution in [3.8, 4) is 0 Å². The second-order valence-corrected chi connectivity index (χ2v) is 3.59. The maximum atomic E-state index is 4.12. The minimum absolute atomic E-state index is 0.756. The Morgan fingerprint density at radius 1 is 1.31 bits per heavy atom. The van der Waals surface area contributed by atoms with E-state index in [2.05, 4.69) is 20.6 Å². The fraction of sp³-hybridized carbons (Fsp3) is 0.364. The Balaban J connectivity index is 1.72. The zero-order chi connectivity index (χ0) is 11.2. The number of hydrogen-bond donors (Lipinski definition) is 1. The van der Waals surface area contributed by atoms with Gasteiger partial charge in [-0.1, -0.05) is 0 Å². The predicted molar refractivity (Wildman–Crippen MR) is 60.7 cm³/mol. The molecule has 0 saturated heterocycles. The van der Waals surface area contributed by atoms with E-state index in [0.29, 0.717) is 0 Å². The molecule has 16 heavy (non-hydrogen) atoms. The van der Waals surface area contributed by atoms with E-state index in [0.717, 1.165) is 25.2 Å². The molecule has 0 saturated carbocycles. The maximum Gasteiger partial charge on any atom is 0.0768 e. The van der Waals surface area contributed by atoms with Gasteiger partial charge in [0.1, 0.15) is 0 Å². The van der Waals surface area contributed by atoms with Crippen molar-refractivity contribution >= 4 is 0 Å². The van der Waals surface area contributed by atoms with Gasteiger partial charge in [0.15, 0.2) is 0 Å². The lowest BCUT2D eigenvalue weighted by Gasteiger charge is -2.04. The average Bonchev–Trinajstić information content (AvgIpc) is 2.72. The molecule has 84 valence electrons. The Hall–Kier alpha value is -1.75. The first-order valence-corrected chi connectivity index (χ1v) is 5.30. The summed E-state index contributed by atoms with van der Waals surface area (Å²) in [6.07, 6.45) is 4.47. The summed E-state index contributed by atoms with van der Waals surface area (Å²) in [5.74, 6) is 0. The van der Waals surface area contributed by atoms with Gasteiger partial charge >= 0.3 is 0 Å². The maximum absolute atomic E-state index is 4.12. The molecule has 0 radical (unpaired) electrons. The number of nitrogens with one attached hydrogen (secondary N) is 1. The highest BCUT2D eigenvalue weighted by molar-refractivity contribution is 5.01. The number of hydrogen-bond acceptors (Lipinski definition) is 4. The highest BCUT2D eigenvalue weighted by atomic mass is 15.3. The van der Waals surface area contributed by atoms with Gasteiger partial charge in [-0.25, -0.2) is 0 Å². The van der Waals surface area contributed by atoms with Crippen LogP contribution >= 0.6 is 0 Å². The van der Waals surface area contributed by atoms with Crippen LogP contribution in [-0.2, 0) is 20.0 Å². The van der Waals surface area contributed by atoms with Gasteiger partial charge in [-0.3, -0.25) is 4.68 Å². The third-order valence-corrected chi connectivity index (χ3v) is 2.41. The Morgan fingerprint density at radius 3 is 2.94 bits per heavy atom. The molecule has 2 aromatic rings. The molecule has 0 atom stereocenters. The van der Waals surface area contributed by atoms with Gasteiger partial charge in [-0.2, -0.15) is 15.3 Å². The van der Waals surface area contributed by atoms with E-state index in [4.69, 9.17) is 0 Å². The molecule has 2 aromatic heterocycles. The van der Waals surface area contributed by atoms with Gasteiger partial charge in [-0.05, 0) is 18.2 Å². The second-order valence-electron chi connectivity index (χ2n) is 3.59. The van der Waals surface area contributed by atoms with Gasteiger partial charge in [0.05, 0.1) is 5.69 Å². The molecule has 2 heterocycles. The third kappa shape index (κ3) is 2.87. The van der Waals surface area contributed by atoms with Crippen LogP contribution in [0.4, 0.5) is 0 Å². The molecule has 0 fully saturated rings. The molecular weight excluding hydrogens is 202 g/mol. The van der Waals surface area contributed by atoms with Gasteiger partial charge in [0.25, 0.3) is 0 Å². The normalized spacial score (nSPS) is 10.6. The van der Waals surface area contributed by atoms with Gasteiger partial charge in [-0.15, -0.1) is 0 Å². The van der Waals surface area contributed by atoms with E-state index in [9.17, 15) is 0 Å². The zero-order valence-electron chi connectivity index (χ0n) is 9.30. The van der Waals surface area contributed by atoms with Crippen molar-refractivity contribution in [2.45, 2.75) is 13.0 Å². The molecule has 0 amide bonds. The van der Waals surface area contributed by atoms with Crippen molar-refractivity contribution in [1.29, 1.82) is 0 Å². The summed E-state index contributed by atoms with van der Waals surface area (Å²) in [5.41, 5.74) is 2.19. The number of nitrogens with zero attached hydrogens (tertiary/aromatic N) is 4. The van der Waals surface area contributed by atoms with E-state index >= 15 is 0 Å². The van der Waals surface area contributed by atoms with Crippen LogP contribution in [-0.4, -0.2) is 26.5 Å². The molecule has 0 aliphatic rings. The highest BCUT2D eigenvalue weighted by Crippen LogP contribution is 1.96. The molecule has 5 nitrogen and oxygen atoms in total. The van der Waals surface area contributed by atoms with E-state index in [1.807, 2.05) is 36.1 Å². The smallest absolute Gasteiger partial charge is 0.0768 e. The van der Waals surface area contributed by atoms with Gasteiger partial charge < -0.3 is 5.32 Å². The van der Waals surface area contributed by atoms with E-state index in [1.54, 1.807) is 6.20 Å². The lowest BCUT2D eigenvalue weighted by Crippen LogP contribution is -2.18. The zero-order valence-corrected chi connectivity index (χ0v) is 9.30. The van der Waals surface area contributed by atoms with Crippen LogP contribution in [0.2, 0.25) is 0 Å². The predicted octanol–water partition coefficient (Wildman–Crippen LogP) is 0.542. The van der Waals surface area contributed by atoms with Crippen LogP contribution in [0.1, 0.15) is 11.4 Å². The fourth-order valence-corrected chi connectivity index (χ4v) is 1.51. The lowest BCUT2D eigenvalue weighted by atomic mass is 10.3. The summed E-state index contributed by atoms with van der Waals surface area (Å²) in [5, 5.41) is 15.3. The molecule has 0 unspecified atom stereocenters. The Bertz CT molecular complexity index is 423. The Morgan fingerprint density at radius 2 is 2.25 bits per heavy atom. The van der Waals surface area contributed by atoms with Gasteiger partial charge in [0, 0.05) is 44.6 Å². The number of aromatic nitrogens is 4. The first kappa shape index (κ1) is 10.8. The molecule has 1 N–H and O–H groups in total. The standard InChI is InChI=1S/C11H15N5/c1-16-11(5-8-14-16)4-7-12-9-10-3-2-6-13-15-10/h2-3,5-6,8,12H,4,7,9H2,1H3. The number of aryl methyl sites for hydroxylation is 1. The molecule has 2 rings (SSSR count). The van der Waals surface area contributed by atoms with E-state index in [1.165, 1.54) is 5.69 Å². The largest absolute Gasteiger partial charge is 0.311 e. The van der Waals surface area contributed by atoms with Crippen molar-refractivity contribution in [3.05, 3.63) is 42.0 Å². The van der Waals surface area contributed by atoms with Crippen molar-refractivity contribution in [3.63, 3.8) is 0 Å². The molecule has 0 aliphatic carbocycles. The minimum Gasteiger partial charge on any atom is -0.311 e. The fourth-order valence-electron chi connectivity index (χ4n) is 1.51. The average molecular weight is 217 g/mol. The highest BCUT2D eigenvalue weighted by Gasteiger charge is 1.98. The van der Waals surface area contributed by atoms with Gasteiger partial charge in [0.2, 0.25) is 0 Å².